The minimum absolute atomic E-state index is 0.0923. The monoisotopic (exact) mass is 441 g/mol. The number of amides is 1. The van der Waals surface area contributed by atoms with E-state index in [0.717, 1.165) is 41.5 Å². The topological polar surface area (TPSA) is 105 Å². The van der Waals surface area contributed by atoms with E-state index in [-0.39, 0.29) is 11.3 Å². The minimum atomic E-state index is -0.429. The Hall–Kier alpha value is -2.85. The molecule has 4 aromatic rings. The van der Waals surface area contributed by atoms with Crippen molar-refractivity contribution >= 4 is 45.0 Å². The second-order valence-corrected chi connectivity index (χ2v) is 9.13. The predicted molar refractivity (Wildman–Crippen MR) is 117 cm³/mol. The van der Waals surface area contributed by atoms with Gasteiger partial charge >= 0.3 is 0 Å². The van der Waals surface area contributed by atoms with Crippen molar-refractivity contribution in [3.05, 3.63) is 45.1 Å². The number of benzene rings is 1. The van der Waals surface area contributed by atoms with Crippen LogP contribution in [0.4, 0.5) is 0 Å². The number of carbonyl (C=O) groups is 1. The molecule has 1 aliphatic carbocycles. The van der Waals surface area contributed by atoms with Gasteiger partial charge in [-0.05, 0) is 55.5 Å². The van der Waals surface area contributed by atoms with Gasteiger partial charge in [0.2, 0.25) is 11.7 Å². The van der Waals surface area contributed by atoms with Crippen LogP contribution < -0.4 is 16.0 Å². The molecular weight excluding hydrogens is 422 g/mol. The molecule has 0 atom stereocenters. The Kier molecular flexibility index (Phi) is 4.75. The molecule has 0 bridgehead atoms. The summed E-state index contributed by atoms with van der Waals surface area (Å²) in [6.07, 6.45) is 4.07. The van der Waals surface area contributed by atoms with Gasteiger partial charge < -0.3 is 10.5 Å². The summed E-state index contributed by atoms with van der Waals surface area (Å²) in [5.41, 5.74) is 7.06. The van der Waals surface area contributed by atoms with E-state index in [1.54, 1.807) is 23.0 Å². The van der Waals surface area contributed by atoms with Crippen molar-refractivity contribution in [3.8, 4) is 11.4 Å². The fourth-order valence-electron chi connectivity index (χ4n) is 3.91. The first-order valence-corrected chi connectivity index (χ1v) is 11.4. The number of ether oxygens (including phenoxy) is 1. The number of nitrogens with two attached hydrogens (primary N) is 1. The molecule has 0 saturated heterocycles. The van der Waals surface area contributed by atoms with E-state index in [1.807, 2.05) is 28.7 Å². The van der Waals surface area contributed by atoms with E-state index in [9.17, 15) is 9.59 Å². The van der Waals surface area contributed by atoms with Crippen LogP contribution in [0, 0.1) is 0 Å². The molecule has 3 aromatic heterocycles. The number of fused-ring (bicyclic) bond motifs is 5. The van der Waals surface area contributed by atoms with E-state index < -0.39 is 5.91 Å². The molecular formula is C20H19N5O3S2. The van der Waals surface area contributed by atoms with Gasteiger partial charge in [0.15, 0.2) is 5.16 Å². The number of aryl methyl sites for hydroxylation is 2. The summed E-state index contributed by atoms with van der Waals surface area (Å²) in [4.78, 5) is 27.1. The van der Waals surface area contributed by atoms with E-state index in [0.29, 0.717) is 22.4 Å². The molecule has 2 N–H and O–H groups in total. The quantitative estimate of drug-likeness (QED) is 0.477. The van der Waals surface area contributed by atoms with Crippen LogP contribution in [0.3, 0.4) is 0 Å². The zero-order valence-corrected chi connectivity index (χ0v) is 17.9. The lowest BCUT2D eigenvalue weighted by Crippen LogP contribution is -2.22. The Morgan fingerprint density at radius 2 is 2.00 bits per heavy atom. The number of rotatable bonds is 5. The van der Waals surface area contributed by atoms with Gasteiger partial charge in [-0.15, -0.1) is 21.5 Å². The summed E-state index contributed by atoms with van der Waals surface area (Å²) in [6, 6.07) is 7.28. The third-order valence-electron chi connectivity index (χ3n) is 5.26. The Labute approximate surface area is 179 Å². The molecule has 5 rings (SSSR count). The van der Waals surface area contributed by atoms with Gasteiger partial charge in [-0.3, -0.25) is 9.59 Å². The number of thioether (sulfide) groups is 1. The highest BCUT2D eigenvalue weighted by Crippen LogP contribution is 2.36. The van der Waals surface area contributed by atoms with Crippen LogP contribution in [0.15, 0.2) is 34.2 Å². The first-order valence-electron chi connectivity index (χ1n) is 9.58. The number of thiophene rings is 1. The van der Waals surface area contributed by atoms with Crippen molar-refractivity contribution in [2.24, 2.45) is 5.73 Å². The second-order valence-electron chi connectivity index (χ2n) is 7.10. The fraction of sp³-hybridized carbons (Fsp3) is 0.300. The molecule has 1 aromatic carbocycles. The van der Waals surface area contributed by atoms with Crippen LogP contribution in [-0.4, -0.2) is 37.9 Å². The van der Waals surface area contributed by atoms with Crippen LogP contribution in [-0.2, 0) is 17.6 Å². The molecule has 0 radical (unpaired) electrons. The number of nitrogens with zero attached hydrogens (tertiary/aromatic N) is 4. The van der Waals surface area contributed by atoms with Gasteiger partial charge in [-0.25, -0.2) is 8.97 Å². The molecule has 0 fully saturated rings. The molecule has 0 saturated carbocycles. The highest BCUT2D eigenvalue weighted by Gasteiger charge is 2.25. The molecule has 1 amide bonds. The average Bonchev–Trinajstić information content (AvgIpc) is 3.34. The van der Waals surface area contributed by atoms with E-state index in [4.69, 9.17) is 10.5 Å². The Balaban J connectivity index is 1.84. The number of primary amides is 1. The largest absolute Gasteiger partial charge is 0.497 e. The third-order valence-corrected chi connectivity index (χ3v) is 7.49. The lowest BCUT2D eigenvalue weighted by molar-refractivity contribution is -0.115. The van der Waals surface area contributed by atoms with Crippen molar-refractivity contribution in [2.75, 3.05) is 12.9 Å². The zero-order chi connectivity index (χ0) is 20.8. The third kappa shape index (κ3) is 2.98. The first-order chi connectivity index (χ1) is 14.6. The molecule has 0 unspecified atom stereocenters. The molecule has 0 aliphatic heterocycles. The van der Waals surface area contributed by atoms with Crippen molar-refractivity contribution < 1.29 is 9.53 Å². The number of carbonyl (C=O) groups excluding carboxylic acids is 1. The van der Waals surface area contributed by atoms with Crippen molar-refractivity contribution in [1.82, 2.24) is 19.2 Å². The highest BCUT2D eigenvalue weighted by atomic mass is 32.2. The van der Waals surface area contributed by atoms with Gasteiger partial charge in [0, 0.05) is 4.88 Å². The number of hydrogen-bond acceptors (Lipinski definition) is 7. The van der Waals surface area contributed by atoms with Gasteiger partial charge in [0.1, 0.15) is 10.6 Å². The van der Waals surface area contributed by atoms with E-state index in [2.05, 4.69) is 10.2 Å². The number of methoxy groups -OCH3 is 1. The van der Waals surface area contributed by atoms with Crippen LogP contribution in [0.25, 0.3) is 21.7 Å². The van der Waals surface area contributed by atoms with Gasteiger partial charge in [0.05, 0.1) is 23.9 Å². The van der Waals surface area contributed by atoms with E-state index >= 15 is 0 Å². The summed E-state index contributed by atoms with van der Waals surface area (Å²) >= 11 is 2.85. The molecule has 30 heavy (non-hydrogen) atoms. The molecule has 8 nitrogen and oxygen atoms in total. The maximum absolute atomic E-state index is 13.7. The van der Waals surface area contributed by atoms with Gasteiger partial charge in [-0.2, -0.15) is 0 Å². The Morgan fingerprint density at radius 1 is 1.23 bits per heavy atom. The SMILES string of the molecule is COc1ccc(-n2c(=O)c3c4c(sc3n3c(SCC(N)=O)nnc23)CCCC4)cc1. The maximum Gasteiger partial charge on any atom is 0.268 e. The van der Waals surface area contributed by atoms with Crippen LogP contribution in [0.1, 0.15) is 23.3 Å². The smallest absolute Gasteiger partial charge is 0.268 e. The number of aromatic nitrogens is 4. The lowest BCUT2D eigenvalue weighted by atomic mass is 9.97. The van der Waals surface area contributed by atoms with Gasteiger partial charge in [-0.1, -0.05) is 11.8 Å². The predicted octanol–water partition coefficient (Wildman–Crippen LogP) is 2.56. The van der Waals surface area contributed by atoms with Crippen molar-refractivity contribution in [1.29, 1.82) is 0 Å². The summed E-state index contributed by atoms with van der Waals surface area (Å²) < 4.78 is 8.72. The summed E-state index contributed by atoms with van der Waals surface area (Å²) in [6.45, 7) is 0. The van der Waals surface area contributed by atoms with Crippen molar-refractivity contribution in [3.63, 3.8) is 0 Å². The molecule has 1 aliphatic rings. The minimum Gasteiger partial charge on any atom is -0.497 e. The normalized spacial score (nSPS) is 13.6. The van der Waals surface area contributed by atoms with Crippen molar-refractivity contribution in [2.45, 2.75) is 30.8 Å². The van der Waals surface area contributed by atoms with Crippen LogP contribution in [0.5, 0.6) is 5.75 Å². The highest BCUT2D eigenvalue weighted by molar-refractivity contribution is 7.99. The summed E-state index contributed by atoms with van der Waals surface area (Å²) in [7, 11) is 1.60. The van der Waals surface area contributed by atoms with Crippen LogP contribution in [0.2, 0.25) is 0 Å². The Morgan fingerprint density at radius 3 is 2.73 bits per heavy atom. The molecule has 0 spiro atoms. The Bertz CT molecular complexity index is 1340. The average molecular weight is 442 g/mol. The molecule has 154 valence electrons. The molecule has 3 heterocycles. The first kappa shape index (κ1) is 19.1. The van der Waals surface area contributed by atoms with Crippen LogP contribution >= 0.6 is 23.1 Å². The summed E-state index contributed by atoms with van der Waals surface area (Å²) in [5, 5.41) is 9.86. The number of hydrogen-bond donors (Lipinski definition) is 1. The zero-order valence-electron chi connectivity index (χ0n) is 16.3. The molecule has 10 heteroatoms. The maximum atomic E-state index is 13.7. The standard InChI is InChI=1S/C20H19N5O3S2/c1-28-12-8-6-11(7-9-12)24-17(27)16-13-4-2-3-5-14(13)30-18(16)25-19(24)22-23-20(25)29-10-15(21)26/h6-9H,2-5,10H2,1H3,(H2,21,26). The second kappa shape index (κ2) is 7.44. The van der Waals surface area contributed by atoms with Gasteiger partial charge in [0.25, 0.3) is 5.56 Å². The van der Waals surface area contributed by atoms with E-state index in [1.165, 1.54) is 16.6 Å². The lowest BCUT2D eigenvalue weighted by Gasteiger charge is -2.12. The summed E-state index contributed by atoms with van der Waals surface area (Å²) in [5.74, 6) is 0.788. The fourth-order valence-corrected chi connectivity index (χ4v) is 6.02.